The molecule has 0 saturated carbocycles. The fourth-order valence-corrected chi connectivity index (χ4v) is 6.19. The maximum absolute atomic E-state index is 13.7. The minimum atomic E-state index is -0.586. The predicted octanol–water partition coefficient (Wildman–Crippen LogP) is 5.82. The van der Waals surface area contributed by atoms with Crippen LogP contribution in [0, 0.1) is 27.6 Å². The number of esters is 2. The number of hydrogen-bond donors (Lipinski definition) is 0. The molecule has 1 unspecified atom stereocenters. The maximum atomic E-state index is 13.7. The quantitative estimate of drug-likeness (QED) is 0.186. The van der Waals surface area contributed by atoms with Gasteiger partial charge in [0.1, 0.15) is 6.61 Å². The maximum Gasteiger partial charge on any atom is 0.311 e. The van der Waals surface area contributed by atoms with Crippen LogP contribution in [-0.4, -0.2) is 101 Å². The van der Waals surface area contributed by atoms with Crippen LogP contribution in [-0.2, 0) is 19.1 Å². The summed E-state index contributed by atoms with van der Waals surface area (Å²) in [5.41, 5.74) is -1.05. The molecule has 0 spiro atoms. The summed E-state index contributed by atoms with van der Waals surface area (Å²) in [6, 6.07) is 0. The number of methoxy groups -OCH3 is 1. The highest BCUT2D eigenvalue weighted by atomic mass is 16.5. The first-order valence-corrected chi connectivity index (χ1v) is 14.9. The molecule has 0 rings (SSSR count). The van der Waals surface area contributed by atoms with Crippen molar-refractivity contribution in [1.29, 1.82) is 0 Å². The molecule has 0 aliphatic rings. The van der Waals surface area contributed by atoms with Crippen molar-refractivity contribution in [2.24, 2.45) is 27.6 Å². The highest BCUT2D eigenvalue weighted by molar-refractivity contribution is 5.75. The van der Waals surface area contributed by atoms with Crippen molar-refractivity contribution in [1.82, 2.24) is 14.7 Å². The third kappa shape index (κ3) is 16.6. The fourth-order valence-electron chi connectivity index (χ4n) is 6.19. The number of carbonyl (C=O) groups excluding carboxylic acids is 2. The topological polar surface area (TPSA) is 62.3 Å². The molecule has 0 aromatic heterocycles. The molecular formula is C32H65N3O4. The van der Waals surface area contributed by atoms with E-state index in [-0.39, 0.29) is 34.1 Å². The minimum absolute atomic E-state index is 0.0131. The van der Waals surface area contributed by atoms with Gasteiger partial charge in [-0.05, 0) is 117 Å². The van der Waals surface area contributed by atoms with E-state index in [0.717, 1.165) is 58.4 Å². The number of hydrogen-bond acceptors (Lipinski definition) is 7. The third-order valence-corrected chi connectivity index (χ3v) is 7.45. The number of carbonyl (C=O) groups is 2. The molecule has 7 heteroatoms. The van der Waals surface area contributed by atoms with Crippen LogP contribution < -0.4 is 0 Å². The summed E-state index contributed by atoms with van der Waals surface area (Å²) < 4.78 is 11.1. The minimum Gasteiger partial charge on any atom is -0.469 e. The van der Waals surface area contributed by atoms with E-state index >= 15 is 0 Å². The van der Waals surface area contributed by atoms with Gasteiger partial charge in [-0.2, -0.15) is 0 Å². The molecule has 0 aliphatic carbocycles. The molecule has 0 aliphatic heterocycles. The molecule has 0 saturated heterocycles. The highest BCUT2D eigenvalue weighted by Crippen LogP contribution is 2.48. The second kappa shape index (κ2) is 16.3. The van der Waals surface area contributed by atoms with Gasteiger partial charge in [0.15, 0.2) is 0 Å². The first-order chi connectivity index (χ1) is 17.6. The predicted molar refractivity (Wildman–Crippen MR) is 164 cm³/mol. The summed E-state index contributed by atoms with van der Waals surface area (Å²) in [6.45, 7) is 24.5. The monoisotopic (exact) mass is 555 g/mol. The Morgan fingerprint density at radius 2 is 1.21 bits per heavy atom. The van der Waals surface area contributed by atoms with Crippen LogP contribution in [0.15, 0.2) is 0 Å². The van der Waals surface area contributed by atoms with Gasteiger partial charge in [-0.3, -0.25) is 14.5 Å². The fraction of sp³-hybridized carbons (Fsp3) is 0.938. The molecular weight excluding hydrogens is 490 g/mol. The zero-order valence-corrected chi connectivity index (χ0v) is 28.3. The van der Waals surface area contributed by atoms with Crippen LogP contribution in [0.1, 0.15) is 94.4 Å². The summed E-state index contributed by atoms with van der Waals surface area (Å²) in [7, 11) is 9.86. The first kappa shape index (κ1) is 37.8. The molecule has 0 heterocycles. The van der Waals surface area contributed by atoms with Gasteiger partial charge in [0.2, 0.25) is 0 Å². The lowest BCUT2D eigenvalue weighted by atomic mass is 9.61. The molecule has 0 N–H and O–H groups in total. The SMILES string of the molecule is COC(=O)C(C)(C)CC(C)(C)CC(C)(C)C(CC(C)(C)C)C(=O)OCCN(CCCN(C)C)CCCN(C)C. The van der Waals surface area contributed by atoms with Crippen molar-refractivity contribution in [3.8, 4) is 0 Å². The van der Waals surface area contributed by atoms with Crippen LogP contribution in [0.25, 0.3) is 0 Å². The highest BCUT2D eigenvalue weighted by Gasteiger charge is 2.44. The second-order valence-corrected chi connectivity index (χ2v) is 15.5. The van der Waals surface area contributed by atoms with Gasteiger partial charge in [0.25, 0.3) is 0 Å². The van der Waals surface area contributed by atoms with Crippen LogP contribution >= 0.6 is 0 Å². The lowest BCUT2D eigenvalue weighted by molar-refractivity contribution is -0.157. The van der Waals surface area contributed by atoms with E-state index in [1.165, 1.54) is 7.11 Å². The van der Waals surface area contributed by atoms with Crippen LogP contribution in [0.5, 0.6) is 0 Å². The molecule has 0 aromatic carbocycles. The number of ether oxygens (including phenoxy) is 2. The van der Waals surface area contributed by atoms with Crippen LogP contribution in [0.3, 0.4) is 0 Å². The van der Waals surface area contributed by atoms with E-state index in [9.17, 15) is 9.59 Å². The van der Waals surface area contributed by atoms with E-state index in [4.69, 9.17) is 9.47 Å². The lowest BCUT2D eigenvalue weighted by Gasteiger charge is -2.43. The Kier molecular flexibility index (Phi) is 15.8. The zero-order valence-electron chi connectivity index (χ0n) is 28.3. The molecule has 232 valence electrons. The molecule has 7 nitrogen and oxygen atoms in total. The van der Waals surface area contributed by atoms with E-state index in [1.807, 2.05) is 13.8 Å². The molecule has 1 atom stereocenters. The summed E-state index contributed by atoms with van der Waals surface area (Å²) >= 11 is 0. The second-order valence-electron chi connectivity index (χ2n) is 15.5. The van der Waals surface area contributed by atoms with E-state index in [1.54, 1.807) is 0 Å². The molecule has 0 aromatic rings. The number of nitrogens with zero attached hydrogens (tertiary/aromatic N) is 3. The molecule has 0 radical (unpaired) electrons. The van der Waals surface area contributed by atoms with E-state index in [0.29, 0.717) is 13.0 Å². The Morgan fingerprint density at radius 3 is 1.62 bits per heavy atom. The van der Waals surface area contributed by atoms with Crippen molar-refractivity contribution in [2.45, 2.75) is 94.4 Å². The van der Waals surface area contributed by atoms with Crippen LogP contribution in [0.4, 0.5) is 0 Å². The Hall–Kier alpha value is -1.18. The Balaban J connectivity index is 5.48. The van der Waals surface area contributed by atoms with Crippen molar-refractivity contribution in [3.63, 3.8) is 0 Å². The van der Waals surface area contributed by atoms with Crippen molar-refractivity contribution >= 4 is 11.9 Å². The normalized spacial score (nSPS) is 14.3. The Bertz CT molecular complexity index is 709. The van der Waals surface area contributed by atoms with Gasteiger partial charge >= 0.3 is 11.9 Å². The number of rotatable bonds is 19. The zero-order chi connectivity index (χ0) is 30.7. The molecule has 0 amide bonds. The average molecular weight is 556 g/mol. The Morgan fingerprint density at radius 1 is 0.718 bits per heavy atom. The summed E-state index contributed by atoms with van der Waals surface area (Å²) in [5.74, 6) is -0.520. The van der Waals surface area contributed by atoms with E-state index in [2.05, 4.69) is 91.4 Å². The summed E-state index contributed by atoms with van der Waals surface area (Å²) in [6.07, 6.45) is 4.43. The van der Waals surface area contributed by atoms with E-state index < -0.39 is 5.41 Å². The Labute approximate surface area is 242 Å². The molecule has 0 bridgehead atoms. The average Bonchev–Trinajstić information content (AvgIpc) is 2.73. The van der Waals surface area contributed by atoms with Crippen molar-refractivity contribution in [3.05, 3.63) is 0 Å². The van der Waals surface area contributed by atoms with Gasteiger partial charge in [-0.1, -0.05) is 48.5 Å². The van der Waals surface area contributed by atoms with Gasteiger partial charge < -0.3 is 19.3 Å². The first-order valence-electron chi connectivity index (χ1n) is 14.9. The standard InChI is InChI=1S/C32H65N3O4/c1-29(2,3)23-26(31(6,7)24-30(4,5)25-32(8,9)28(37)38-14)27(36)39-22-21-35(19-15-17-33(10)11)20-16-18-34(12)13/h26H,15-25H2,1-14H3. The van der Waals surface area contributed by atoms with Crippen molar-refractivity contribution < 1.29 is 19.1 Å². The smallest absolute Gasteiger partial charge is 0.311 e. The van der Waals surface area contributed by atoms with Crippen molar-refractivity contribution in [2.75, 3.05) is 74.6 Å². The largest absolute Gasteiger partial charge is 0.469 e. The van der Waals surface area contributed by atoms with Gasteiger partial charge in [-0.15, -0.1) is 0 Å². The summed E-state index contributed by atoms with van der Waals surface area (Å²) in [4.78, 5) is 32.9. The third-order valence-electron chi connectivity index (χ3n) is 7.45. The summed E-state index contributed by atoms with van der Waals surface area (Å²) in [5, 5.41) is 0. The van der Waals surface area contributed by atoms with Gasteiger partial charge in [0.05, 0.1) is 18.4 Å². The van der Waals surface area contributed by atoms with Gasteiger partial charge in [-0.25, -0.2) is 0 Å². The van der Waals surface area contributed by atoms with Crippen LogP contribution in [0.2, 0.25) is 0 Å². The lowest BCUT2D eigenvalue weighted by Crippen LogP contribution is -2.41. The van der Waals surface area contributed by atoms with Gasteiger partial charge in [0, 0.05) is 6.54 Å². The molecule has 0 fully saturated rings. The molecule has 39 heavy (non-hydrogen) atoms.